The van der Waals surface area contributed by atoms with Crippen LogP contribution in [0.2, 0.25) is 0 Å². The summed E-state index contributed by atoms with van der Waals surface area (Å²) in [5.74, 6) is -0.354. The molecule has 1 amide bonds. The molecular weight excluding hydrogens is 498 g/mol. The largest absolute Gasteiger partial charge is 0.437 e. The molecule has 0 unspecified atom stereocenters. The van der Waals surface area contributed by atoms with Gasteiger partial charge in [0.15, 0.2) is 5.69 Å². The van der Waals surface area contributed by atoms with E-state index in [1.165, 1.54) is 16.8 Å². The van der Waals surface area contributed by atoms with Gasteiger partial charge < -0.3 is 10.1 Å². The molecule has 0 aliphatic heterocycles. The zero-order valence-electron chi connectivity index (χ0n) is 21.0. The Morgan fingerprint density at radius 1 is 1.19 bits per heavy atom. The maximum absolute atomic E-state index is 13.1. The molecule has 37 heavy (non-hydrogen) atoms. The van der Waals surface area contributed by atoms with Gasteiger partial charge in [0.2, 0.25) is 15.9 Å². The van der Waals surface area contributed by atoms with E-state index in [0.29, 0.717) is 11.3 Å². The minimum atomic E-state index is -4.16. The lowest BCUT2D eigenvalue weighted by molar-refractivity contribution is -0.385. The van der Waals surface area contributed by atoms with Gasteiger partial charge >= 0.3 is 0 Å². The third-order valence-electron chi connectivity index (χ3n) is 5.79. The number of benzene rings is 2. The van der Waals surface area contributed by atoms with Crippen LogP contribution in [0.15, 0.2) is 47.4 Å². The Hall–Kier alpha value is -3.77. The number of carbonyl (C=O) groups is 1. The van der Waals surface area contributed by atoms with Gasteiger partial charge in [0, 0.05) is 30.3 Å². The molecule has 1 aromatic heterocycles. The van der Waals surface area contributed by atoms with Gasteiger partial charge in [-0.2, -0.15) is 9.78 Å². The maximum Gasteiger partial charge on any atom is 0.272 e. The number of nitrogens with one attached hydrogen (secondary N) is 2. The van der Waals surface area contributed by atoms with E-state index in [0.717, 1.165) is 24.5 Å². The number of amides is 1. The zero-order valence-corrected chi connectivity index (χ0v) is 21.8. The van der Waals surface area contributed by atoms with Crippen molar-refractivity contribution in [1.82, 2.24) is 19.8 Å². The minimum absolute atomic E-state index is 0.00981. The smallest absolute Gasteiger partial charge is 0.272 e. The van der Waals surface area contributed by atoms with Crippen LogP contribution in [0, 0.1) is 29.9 Å². The van der Waals surface area contributed by atoms with Gasteiger partial charge in [0.1, 0.15) is 10.6 Å². The molecule has 11 nitrogen and oxygen atoms in total. The normalized spacial score (nSPS) is 13.5. The van der Waals surface area contributed by atoms with E-state index in [2.05, 4.69) is 15.1 Å². The number of rotatable bonds is 10. The summed E-state index contributed by atoms with van der Waals surface area (Å²) < 4.78 is 36.3. The van der Waals surface area contributed by atoms with Crippen LogP contribution in [0.5, 0.6) is 11.6 Å². The fourth-order valence-corrected chi connectivity index (χ4v) is 4.88. The number of hydrogen-bond donors (Lipinski definition) is 2. The molecule has 4 rings (SSSR count). The van der Waals surface area contributed by atoms with Gasteiger partial charge in [-0.15, -0.1) is 0 Å². The first-order chi connectivity index (χ1) is 17.5. The van der Waals surface area contributed by atoms with E-state index < -0.39 is 20.6 Å². The summed E-state index contributed by atoms with van der Waals surface area (Å²) in [6.07, 6.45) is 1.81. The van der Waals surface area contributed by atoms with Gasteiger partial charge in [-0.1, -0.05) is 31.5 Å². The van der Waals surface area contributed by atoms with Crippen molar-refractivity contribution in [3.63, 3.8) is 0 Å². The molecule has 2 N–H and O–H groups in total. The second kappa shape index (κ2) is 10.3. The zero-order chi connectivity index (χ0) is 26.9. The number of sulfonamides is 1. The van der Waals surface area contributed by atoms with Crippen molar-refractivity contribution in [3.05, 3.63) is 69.4 Å². The van der Waals surface area contributed by atoms with Crippen molar-refractivity contribution >= 4 is 21.6 Å². The van der Waals surface area contributed by atoms with E-state index in [4.69, 9.17) is 4.74 Å². The Kier molecular flexibility index (Phi) is 7.32. The summed E-state index contributed by atoms with van der Waals surface area (Å²) in [6, 6.07) is 10.8. The molecule has 1 aliphatic carbocycles. The molecule has 0 radical (unpaired) electrons. The molecule has 3 aromatic rings. The number of nitro groups is 1. The number of ether oxygens (including phenoxy) is 1. The van der Waals surface area contributed by atoms with Crippen molar-refractivity contribution in [1.29, 1.82) is 0 Å². The number of hydrogen-bond acceptors (Lipinski definition) is 7. The Balaban J connectivity index is 1.82. The van der Waals surface area contributed by atoms with Gasteiger partial charge in [-0.25, -0.2) is 13.1 Å². The first kappa shape index (κ1) is 26.3. The molecule has 0 bridgehead atoms. The summed E-state index contributed by atoms with van der Waals surface area (Å²) in [4.78, 5) is 23.2. The van der Waals surface area contributed by atoms with Crippen LogP contribution < -0.4 is 14.8 Å². The van der Waals surface area contributed by atoms with Crippen LogP contribution >= 0.6 is 0 Å². The molecule has 1 saturated carbocycles. The number of carbonyl (C=O) groups excluding carboxylic acids is 1. The van der Waals surface area contributed by atoms with Crippen molar-refractivity contribution in [3.8, 4) is 17.3 Å². The third kappa shape index (κ3) is 5.97. The van der Waals surface area contributed by atoms with Crippen molar-refractivity contribution < 1.29 is 22.9 Å². The topological polar surface area (TPSA) is 145 Å². The van der Waals surface area contributed by atoms with Crippen molar-refractivity contribution in [2.75, 3.05) is 6.54 Å². The number of non-ortho nitro benzene ring substituents is 1. The summed E-state index contributed by atoms with van der Waals surface area (Å²) in [5.41, 5.74) is 1.76. The molecule has 0 saturated heterocycles. The number of aromatic nitrogens is 2. The first-order valence-electron chi connectivity index (χ1n) is 11.9. The minimum Gasteiger partial charge on any atom is -0.437 e. The predicted octanol–water partition coefficient (Wildman–Crippen LogP) is 4.02. The summed E-state index contributed by atoms with van der Waals surface area (Å²) in [6.45, 7) is 7.40. The Morgan fingerprint density at radius 2 is 1.86 bits per heavy atom. The number of aryl methyl sites for hydroxylation is 1. The second-order valence-electron chi connectivity index (χ2n) is 9.51. The fraction of sp³-hybridized carbons (Fsp3) is 0.360. The Bertz CT molecular complexity index is 1440. The molecule has 1 fully saturated rings. The van der Waals surface area contributed by atoms with Gasteiger partial charge in [0.25, 0.3) is 11.6 Å². The van der Waals surface area contributed by atoms with E-state index in [-0.39, 0.29) is 46.6 Å². The molecule has 1 aliphatic rings. The summed E-state index contributed by atoms with van der Waals surface area (Å²) >= 11 is 0. The maximum atomic E-state index is 13.1. The lowest BCUT2D eigenvalue weighted by atomic mass is 10.2. The van der Waals surface area contributed by atoms with Crippen LogP contribution in [0.1, 0.15) is 48.3 Å². The van der Waals surface area contributed by atoms with E-state index in [1.807, 2.05) is 32.9 Å². The quantitative estimate of drug-likeness (QED) is 0.299. The molecular formula is C25H29N5O6S. The third-order valence-corrected chi connectivity index (χ3v) is 7.24. The average molecular weight is 528 g/mol. The standard InChI is InChI=1S/C25H29N5O6S/c1-15(2)14-26-37(34,35)22-13-20(30(32)33)11-12-21(22)36-25-17(4)23(24(31)27-18-7-8-18)28-29(25)19-9-5-16(3)6-10-19/h5-6,9-13,15,18,26H,7-8,14H2,1-4H3,(H,27,31). The highest BCUT2D eigenvalue weighted by atomic mass is 32.2. The van der Waals surface area contributed by atoms with E-state index in [9.17, 15) is 23.3 Å². The SMILES string of the molecule is Cc1ccc(-n2nc(C(=O)NC3CC3)c(C)c2Oc2ccc([N+](=O)[O-])cc2S(=O)(=O)NCC(C)C)cc1. The van der Waals surface area contributed by atoms with Gasteiger partial charge in [-0.3, -0.25) is 14.9 Å². The van der Waals surface area contributed by atoms with E-state index in [1.54, 1.807) is 19.1 Å². The highest BCUT2D eigenvalue weighted by molar-refractivity contribution is 7.89. The van der Waals surface area contributed by atoms with E-state index >= 15 is 0 Å². The molecule has 1 heterocycles. The van der Waals surface area contributed by atoms with Gasteiger partial charge in [-0.05, 0) is 50.8 Å². The molecule has 196 valence electrons. The van der Waals surface area contributed by atoms with Crippen molar-refractivity contribution in [2.45, 2.75) is 51.5 Å². The summed E-state index contributed by atoms with van der Waals surface area (Å²) in [5, 5.41) is 18.8. The highest BCUT2D eigenvalue weighted by Crippen LogP contribution is 2.36. The lowest BCUT2D eigenvalue weighted by Gasteiger charge is -2.15. The van der Waals surface area contributed by atoms with Crippen LogP contribution in [0.25, 0.3) is 5.69 Å². The Morgan fingerprint density at radius 3 is 2.46 bits per heavy atom. The van der Waals surface area contributed by atoms with Crippen LogP contribution in [0.4, 0.5) is 5.69 Å². The lowest BCUT2D eigenvalue weighted by Crippen LogP contribution is -2.28. The number of nitrogens with zero attached hydrogens (tertiary/aromatic N) is 3. The van der Waals surface area contributed by atoms with Crippen molar-refractivity contribution in [2.24, 2.45) is 5.92 Å². The second-order valence-corrected chi connectivity index (χ2v) is 11.2. The fourth-order valence-electron chi connectivity index (χ4n) is 3.52. The number of nitro benzene ring substituents is 1. The van der Waals surface area contributed by atoms with Crippen LogP contribution in [-0.2, 0) is 10.0 Å². The molecule has 0 atom stereocenters. The molecule has 2 aromatic carbocycles. The van der Waals surface area contributed by atoms with Gasteiger partial charge in [0.05, 0.1) is 10.6 Å². The van der Waals surface area contributed by atoms with Crippen LogP contribution in [0.3, 0.4) is 0 Å². The molecule has 12 heteroatoms. The van der Waals surface area contributed by atoms with Crippen LogP contribution in [-0.4, -0.2) is 41.6 Å². The monoisotopic (exact) mass is 527 g/mol. The average Bonchev–Trinajstić information content (AvgIpc) is 3.60. The summed E-state index contributed by atoms with van der Waals surface area (Å²) in [7, 11) is -4.16. The highest BCUT2D eigenvalue weighted by Gasteiger charge is 2.30. The molecule has 0 spiro atoms. The predicted molar refractivity (Wildman–Crippen MR) is 137 cm³/mol. The first-order valence-corrected chi connectivity index (χ1v) is 13.4. The Labute approximate surface area is 215 Å².